The smallest absolute Gasteiger partial charge is 0.259 e. The van der Waals surface area contributed by atoms with Crippen molar-refractivity contribution in [2.75, 3.05) is 16.8 Å². The molecule has 1 N–H and O–H groups in total. The number of aryl methyl sites for hydroxylation is 2. The van der Waals surface area contributed by atoms with E-state index in [2.05, 4.69) is 21.6 Å². The third kappa shape index (κ3) is 4.11. The SMILES string of the molecule is Cc1cc(C)cc(N2CC(c3nnc(NC(=O)C(Cl)Cl)s3)CC2=O)c1. The molecule has 1 atom stereocenters. The number of nitrogens with one attached hydrogen (secondary N) is 1. The van der Waals surface area contributed by atoms with Gasteiger partial charge in [-0.2, -0.15) is 0 Å². The summed E-state index contributed by atoms with van der Waals surface area (Å²) < 4.78 is 0. The zero-order valence-corrected chi connectivity index (χ0v) is 16.0. The van der Waals surface area contributed by atoms with Crippen LogP contribution < -0.4 is 10.2 Å². The minimum absolute atomic E-state index is 0.0531. The van der Waals surface area contributed by atoms with Gasteiger partial charge in [-0.15, -0.1) is 10.2 Å². The topological polar surface area (TPSA) is 75.2 Å². The molecule has 1 aliphatic heterocycles. The molecule has 1 aliphatic rings. The van der Waals surface area contributed by atoms with Crippen LogP contribution in [-0.4, -0.2) is 33.4 Å². The van der Waals surface area contributed by atoms with E-state index in [1.165, 1.54) is 11.3 Å². The van der Waals surface area contributed by atoms with Gasteiger partial charge in [0.15, 0.2) is 4.84 Å². The second kappa shape index (κ2) is 7.27. The molecule has 1 unspecified atom stereocenters. The molecular weight excluding hydrogens is 383 g/mol. The highest BCUT2D eigenvalue weighted by Gasteiger charge is 2.34. The second-order valence-corrected chi connectivity index (χ2v) is 8.09. The molecule has 1 aromatic heterocycles. The van der Waals surface area contributed by atoms with Crippen LogP contribution in [0.4, 0.5) is 10.8 Å². The van der Waals surface area contributed by atoms with E-state index in [1.807, 2.05) is 26.0 Å². The van der Waals surface area contributed by atoms with Crippen LogP contribution >= 0.6 is 34.5 Å². The Morgan fingerprint density at radius 2 is 1.96 bits per heavy atom. The van der Waals surface area contributed by atoms with Crippen molar-refractivity contribution in [3.63, 3.8) is 0 Å². The van der Waals surface area contributed by atoms with Crippen molar-refractivity contribution >= 4 is 57.2 Å². The first kappa shape index (κ1) is 18.1. The Labute approximate surface area is 159 Å². The maximum Gasteiger partial charge on any atom is 0.259 e. The van der Waals surface area contributed by atoms with Gasteiger partial charge >= 0.3 is 0 Å². The lowest BCUT2D eigenvalue weighted by Gasteiger charge is -2.17. The number of hydrogen-bond acceptors (Lipinski definition) is 5. The Morgan fingerprint density at radius 1 is 1.28 bits per heavy atom. The molecular formula is C16H16Cl2N4O2S. The van der Waals surface area contributed by atoms with Crippen LogP contribution in [0.15, 0.2) is 18.2 Å². The van der Waals surface area contributed by atoms with Crippen molar-refractivity contribution in [1.29, 1.82) is 0 Å². The van der Waals surface area contributed by atoms with Crippen LogP contribution in [0.1, 0.15) is 28.5 Å². The fraction of sp³-hybridized carbons (Fsp3) is 0.375. The number of amides is 2. The molecule has 2 heterocycles. The first-order chi connectivity index (χ1) is 11.8. The molecule has 3 rings (SSSR count). The van der Waals surface area contributed by atoms with Crippen LogP contribution in [0.5, 0.6) is 0 Å². The Morgan fingerprint density at radius 3 is 2.60 bits per heavy atom. The molecule has 1 aromatic carbocycles. The zero-order valence-electron chi connectivity index (χ0n) is 13.6. The summed E-state index contributed by atoms with van der Waals surface area (Å²) >= 11 is 12.2. The molecule has 6 nitrogen and oxygen atoms in total. The van der Waals surface area contributed by atoms with E-state index in [0.717, 1.165) is 16.8 Å². The normalized spacial score (nSPS) is 17.4. The van der Waals surface area contributed by atoms with E-state index >= 15 is 0 Å². The number of alkyl halides is 2. The van der Waals surface area contributed by atoms with Gasteiger partial charge in [-0.05, 0) is 37.1 Å². The van der Waals surface area contributed by atoms with Gasteiger partial charge in [0.2, 0.25) is 11.0 Å². The quantitative estimate of drug-likeness (QED) is 0.800. The average molecular weight is 399 g/mol. The first-order valence-corrected chi connectivity index (χ1v) is 9.33. The number of aromatic nitrogens is 2. The Kier molecular flexibility index (Phi) is 5.27. The average Bonchev–Trinajstić information content (AvgIpc) is 3.12. The minimum atomic E-state index is -1.17. The predicted octanol–water partition coefficient (Wildman–Crippen LogP) is 3.42. The van der Waals surface area contributed by atoms with Crippen molar-refractivity contribution in [3.8, 4) is 0 Å². The summed E-state index contributed by atoms with van der Waals surface area (Å²) in [5.74, 6) is -0.554. The first-order valence-electron chi connectivity index (χ1n) is 7.64. The molecule has 2 aromatic rings. The van der Waals surface area contributed by atoms with Crippen molar-refractivity contribution in [2.45, 2.75) is 31.0 Å². The van der Waals surface area contributed by atoms with E-state index < -0.39 is 10.7 Å². The van der Waals surface area contributed by atoms with E-state index in [1.54, 1.807) is 4.90 Å². The third-order valence-electron chi connectivity index (χ3n) is 3.86. The van der Waals surface area contributed by atoms with Gasteiger partial charge in [0.25, 0.3) is 5.91 Å². The molecule has 0 bridgehead atoms. The summed E-state index contributed by atoms with van der Waals surface area (Å²) in [5.41, 5.74) is 3.13. The zero-order chi connectivity index (χ0) is 18.1. The molecule has 0 radical (unpaired) electrons. The van der Waals surface area contributed by atoms with E-state index in [4.69, 9.17) is 23.2 Å². The van der Waals surface area contributed by atoms with E-state index in [0.29, 0.717) is 23.1 Å². The fourth-order valence-corrected chi connectivity index (χ4v) is 3.79. The minimum Gasteiger partial charge on any atom is -0.312 e. The van der Waals surface area contributed by atoms with Crippen molar-refractivity contribution in [2.24, 2.45) is 0 Å². The summed E-state index contributed by atoms with van der Waals surface area (Å²) in [6.45, 7) is 4.56. The van der Waals surface area contributed by atoms with Gasteiger partial charge in [0, 0.05) is 24.6 Å². The molecule has 0 saturated carbocycles. The van der Waals surface area contributed by atoms with Gasteiger partial charge in [0.05, 0.1) is 0 Å². The van der Waals surface area contributed by atoms with Gasteiger partial charge < -0.3 is 4.90 Å². The Hall–Kier alpha value is -1.70. The van der Waals surface area contributed by atoms with Crippen LogP contribution in [0.2, 0.25) is 0 Å². The summed E-state index contributed by atoms with van der Waals surface area (Å²) in [7, 11) is 0. The number of nitrogens with zero attached hydrogens (tertiary/aromatic N) is 3. The standard InChI is InChI=1S/C16H16Cl2N4O2S/c1-8-3-9(2)5-11(4-8)22-7-10(6-12(22)23)15-20-21-16(25-15)19-14(24)13(17)18/h3-5,10,13H,6-7H2,1-2H3,(H,19,21,24). The third-order valence-corrected chi connectivity index (χ3v) is 5.26. The number of benzene rings is 1. The second-order valence-electron chi connectivity index (χ2n) is 5.99. The number of hydrogen-bond donors (Lipinski definition) is 1. The summed E-state index contributed by atoms with van der Waals surface area (Å²) in [6, 6.07) is 6.07. The van der Waals surface area contributed by atoms with Crippen molar-refractivity contribution in [3.05, 3.63) is 34.3 Å². The highest BCUT2D eigenvalue weighted by molar-refractivity contribution is 7.15. The lowest BCUT2D eigenvalue weighted by Crippen LogP contribution is -2.24. The Bertz CT molecular complexity index is 804. The number of rotatable bonds is 4. The summed E-state index contributed by atoms with van der Waals surface area (Å²) in [6.07, 6.45) is 0.364. The number of halogens is 2. The molecule has 0 aliphatic carbocycles. The number of anilines is 2. The molecule has 0 spiro atoms. The summed E-state index contributed by atoms with van der Waals surface area (Å²) in [4.78, 5) is 24.5. The highest BCUT2D eigenvalue weighted by atomic mass is 35.5. The van der Waals surface area contributed by atoms with Gasteiger partial charge in [0.1, 0.15) is 5.01 Å². The van der Waals surface area contributed by atoms with Crippen molar-refractivity contribution in [1.82, 2.24) is 10.2 Å². The molecule has 9 heteroatoms. The van der Waals surface area contributed by atoms with E-state index in [9.17, 15) is 9.59 Å². The van der Waals surface area contributed by atoms with Gasteiger partial charge in [-0.3, -0.25) is 14.9 Å². The van der Waals surface area contributed by atoms with Crippen LogP contribution in [-0.2, 0) is 9.59 Å². The monoisotopic (exact) mass is 398 g/mol. The van der Waals surface area contributed by atoms with Gasteiger partial charge in [-0.25, -0.2) is 0 Å². The van der Waals surface area contributed by atoms with Crippen LogP contribution in [0.3, 0.4) is 0 Å². The maximum atomic E-state index is 12.4. The lowest BCUT2D eigenvalue weighted by atomic mass is 10.1. The summed E-state index contributed by atoms with van der Waals surface area (Å²) in [5, 5.41) is 11.5. The fourth-order valence-electron chi connectivity index (χ4n) is 2.84. The van der Waals surface area contributed by atoms with Crippen LogP contribution in [0.25, 0.3) is 0 Å². The number of carbonyl (C=O) groups is 2. The molecule has 2 amide bonds. The van der Waals surface area contributed by atoms with E-state index in [-0.39, 0.29) is 11.8 Å². The van der Waals surface area contributed by atoms with Gasteiger partial charge in [-0.1, -0.05) is 40.6 Å². The van der Waals surface area contributed by atoms with Crippen LogP contribution in [0, 0.1) is 13.8 Å². The Balaban J connectivity index is 1.74. The lowest BCUT2D eigenvalue weighted by molar-refractivity contribution is -0.117. The molecule has 132 valence electrons. The largest absolute Gasteiger partial charge is 0.312 e. The molecule has 1 saturated heterocycles. The molecule has 1 fully saturated rings. The predicted molar refractivity (Wildman–Crippen MR) is 99.7 cm³/mol. The number of carbonyl (C=O) groups excluding carboxylic acids is 2. The van der Waals surface area contributed by atoms with Crippen molar-refractivity contribution < 1.29 is 9.59 Å². The molecule has 25 heavy (non-hydrogen) atoms. The highest BCUT2D eigenvalue weighted by Crippen LogP contribution is 2.34. The maximum absolute atomic E-state index is 12.4.